The van der Waals surface area contributed by atoms with Gasteiger partial charge in [0.15, 0.2) is 6.10 Å². The third kappa shape index (κ3) is 13.0. The normalized spacial score (nSPS) is 21.8. The average molecular weight is 783 g/mol. The van der Waals surface area contributed by atoms with Gasteiger partial charge in [0.05, 0.1) is 17.5 Å². The van der Waals surface area contributed by atoms with Gasteiger partial charge in [-0.3, -0.25) is 14.4 Å². The summed E-state index contributed by atoms with van der Waals surface area (Å²) in [5.74, 6) is -1.31. The molecule has 2 aromatic rings. The van der Waals surface area contributed by atoms with Crippen LogP contribution in [0.1, 0.15) is 79.4 Å². The number of carbonyl (C=O) groups excluding carboxylic acids is 4. The zero-order valence-corrected chi connectivity index (χ0v) is 35.5. The van der Waals surface area contributed by atoms with E-state index in [9.17, 15) is 19.2 Å². The van der Waals surface area contributed by atoms with E-state index in [0.717, 1.165) is 11.3 Å². The summed E-state index contributed by atoms with van der Waals surface area (Å²) in [6, 6.07) is 12.0. The van der Waals surface area contributed by atoms with Crippen LogP contribution in [0.15, 0.2) is 60.7 Å². The Kier molecular flexibility index (Phi) is 15.6. The molecule has 12 heteroatoms. The summed E-state index contributed by atoms with van der Waals surface area (Å²) in [5, 5.41) is 6.00. The molecule has 0 radical (unpaired) electrons. The Morgan fingerprint density at radius 2 is 1.69 bits per heavy atom. The van der Waals surface area contributed by atoms with E-state index >= 15 is 0 Å². The molecule has 0 saturated carbocycles. The van der Waals surface area contributed by atoms with Crippen molar-refractivity contribution in [2.75, 3.05) is 13.7 Å². The van der Waals surface area contributed by atoms with Crippen molar-refractivity contribution in [2.45, 2.75) is 111 Å². The van der Waals surface area contributed by atoms with Crippen LogP contribution >= 0.6 is 11.6 Å². The van der Waals surface area contributed by atoms with Crippen LogP contribution < -0.4 is 19.8 Å². The maximum absolute atomic E-state index is 13.7. The van der Waals surface area contributed by atoms with Crippen molar-refractivity contribution in [2.24, 2.45) is 17.3 Å². The molecule has 4 atom stereocenters. The lowest BCUT2D eigenvalue weighted by molar-refractivity contribution is -0.178. The zero-order chi connectivity index (χ0) is 40.4. The van der Waals surface area contributed by atoms with Crippen molar-refractivity contribution < 1.29 is 37.8 Å². The van der Waals surface area contributed by atoms with Crippen LogP contribution in [0, 0.1) is 17.3 Å². The number of halogens is 1. The highest BCUT2D eigenvalue weighted by atomic mass is 35.5. The minimum Gasteiger partial charge on any atom is -0.544 e. The number of cyclic esters (lactones) is 2. The Labute approximate surface area is 327 Å². The first-order valence-electron chi connectivity index (χ1n) is 18.6. The molecule has 1 aliphatic rings. The van der Waals surface area contributed by atoms with Crippen molar-refractivity contribution in [1.29, 1.82) is 0 Å². The van der Waals surface area contributed by atoms with E-state index in [1.807, 2.05) is 57.2 Å². The topological polar surface area (TPSA) is 129 Å². The van der Waals surface area contributed by atoms with E-state index in [4.69, 9.17) is 30.2 Å². The van der Waals surface area contributed by atoms with Crippen molar-refractivity contribution in [1.82, 2.24) is 10.6 Å². The Bertz CT molecular complexity index is 1680. The second-order valence-electron chi connectivity index (χ2n) is 16.6. The van der Waals surface area contributed by atoms with Gasteiger partial charge < -0.3 is 29.3 Å². The summed E-state index contributed by atoms with van der Waals surface area (Å²) in [6.07, 6.45) is 5.54. The number of rotatable bonds is 10. The molecular weight excluding hydrogens is 724 g/mol. The molecule has 0 unspecified atom stereocenters. The minimum absolute atomic E-state index is 0.0129. The van der Waals surface area contributed by atoms with Crippen molar-refractivity contribution >= 4 is 49.7 Å². The molecule has 1 heterocycles. The number of hydrogen-bond acceptors (Lipinski definition) is 8. The van der Waals surface area contributed by atoms with Crippen LogP contribution in [0.2, 0.25) is 23.2 Å². The summed E-state index contributed by atoms with van der Waals surface area (Å²) in [5.41, 5.74) is 0.427. The smallest absolute Gasteiger partial charge is 0.347 e. The molecule has 0 aliphatic carbocycles. The standard InChI is InChI=1S/C42H59ClN2O8Si/c1-27(2)23-36-39(48)51-34(28(3)15-16-29-17-20-31(21-18-29)53-54(10,11)41(4,5)6)13-12-14-37(46)45-33(25-30-19-22-35(50-9)32(43)24-30)38(47)44-26-42(7,8)40(49)52-36/h12,14-22,24,27-28,33-34,36H,13,23,25-26H2,1-11H3,(H,44,47)(H,45,46)/b14-12+,16-15+/t28-,33-,34+,36+/m1/s1. The van der Waals surface area contributed by atoms with Gasteiger partial charge >= 0.3 is 11.9 Å². The maximum atomic E-state index is 13.7. The van der Waals surface area contributed by atoms with Crippen LogP contribution in [0.25, 0.3) is 6.08 Å². The SMILES string of the molecule is COc1ccc(C[C@H]2NC(=O)/C=C/C[C@@H]([C@H](C)/C=C/c3ccc(O[Si](C)(C)C(C)(C)C)cc3)OC(=O)[C@H](CC(C)C)OC(=O)C(C)(C)CNC2=O)cc1Cl. The van der Waals surface area contributed by atoms with Gasteiger partial charge in [-0.2, -0.15) is 0 Å². The molecular formula is C42H59ClN2O8Si. The van der Waals surface area contributed by atoms with Crippen molar-refractivity contribution in [3.63, 3.8) is 0 Å². The lowest BCUT2D eigenvalue weighted by atomic mass is 9.93. The fourth-order valence-corrected chi connectivity index (χ4v) is 6.61. The van der Waals surface area contributed by atoms with E-state index < -0.39 is 55.7 Å². The Morgan fingerprint density at radius 1 is 1.02 bits per heavy atom. The number of nitrogens with one attached hydrogen (secondary N) is 2. The molecule has 0 bridgehead atoms. The van der Waals surface area contributed by atoms with Crippen LogP contribution in [-0.2, 0) is 35.1 Å². The van der Waals surface area contributed by atoms with Gasteiger partial charge in [-0.1, -0.05) is 89.6 Å². The molecule has 54 heavy (non-hydrogen) atoms. The molecule has 1 aliphatic heterocycles. The molecule has 0 saturated heterocycles. The van der Waals surface area contributed by atoms with Crippen molar-refractivity contribution in [3.8, 4) is 11.5 Å². The monoisotopic (exact) mass is 782 g/mol. The summed E-state index contributed by atoms with van der Waals surface area (Å²) in [7, 11) is -0.481. The van der Waals surface area contributed by atoms with Gasteiger partial charge in [0.1, 0.15) is 23.6 Å². The first-order valence-corrected chi connectivity index (χ1v) is 21.9. The third-order valence-electron chi connectivity index (χ3n) is 9.89. The molecule has 3 rings (SSSR count). The summed E-state index contributed by atoms with van der Waals surface area (Å²) >= 11 is 6.34. The van der Waals surface area contributed by atoms with Gasteiger partial charge in [-0.25, -0.2) is 4.79 Å². The number of amides is 2. The van der Waals surface area contributed by atoms with Gasteiger partial charge in [-0.15, -0.1) is 0 Å². The van der Waals surface area contributed by atoms with Crippen LogP contribution in [-0.4, -0.2) is 64.0 Å². The van der Waals surface area contributed by atoms with E-state index in [2.05, 4.69) is 44.5 Å². The highest BCUT2D eigenvalue weighted by Crippen LogP contribution is 2.37. The molecule has 0 aromatic heterocycles. The zero-order valence-electron chi connectivity index (χ0n) is 33.7. The van der Waals surface area contributed by atoms with Crippen LogP contribution in [0.4, 0.5) is 0 Å². The molecule has 10 nitrogen and oxygen atoms in total. The molecule has 2 aromatic carbocycles. The van der Waals surface area contributed by atoms with E-state index in [-0.39, 0.29) is 42.7 Å². The highest BCUT2D eigenvalue weighted by molar-refractivity contribution is 6.74. The Morgan fingerprint density at radius 3 is 2.28 bits per heavy atom. The largest absolute Gasteiger partial charge is 0.544 e. The number of methoxy groups -OCH3 is 1. The van der Waals surface area contributed by atoms with Crippen LogP contribution in [0.5, 0.6) is 11.5 Å². The van der Waals surface area contributed by atoms with E-state index in [1.54, 1.807) is 38.1 Å². The van der Waals surface area contributed by atoms with Gasteiger partial charge in [-0.05, 0) is 85.8 Å². The lowest BCUT2D eigenvalue weighted by Crippen LogP contribution is -2.51. The quantitative estimate of drug-likeness (QED) is 0.183. The number of benzene rings is 2. The molecule has 296 valence electrons. The summed E-state index contributed by atoms with van der Waals surface area (Å²) in [4.78, 5) is 54.0. The Hall–Kier alpha value is -4.09. The Balaban J connectivity index is 1.91. The summed E-state index contributed by atoms with van der Waals surface area (Å²) in [6.45, 7) is 19.9. The number of hydrogen-bond donors (Lipinski definition) is 2. The second-order valence-corrected chi connectivity index (χ2v) is 21.8. The minimum atomic E-state index is -1.99. The fourth-order valence-electron chi connectivity index (χ4n) is 5.30. The average Bonchev–Trinajstić information content (AvgIpc) is 3.08. The maximum Gasteiger partial charge on any atom is 0.347 e. The highest BCUT2D eigenvalue weighted by Gasteiger charge is 2.39. The van der Waals surface area contributed by atoms with E-state index in [1.165, 1.54) is 13.2 Å². The predicted molar refractivity (Wildman–Crippen MR) is 216 cm³/mol. The van der Waals surface area contributed by atoms with Gasteiger partial charge in [0, 0.05) is 25.3 Å². The lowest BCUT2D eigenvalue weighted by Gasteiger charge is -2.36. The molecule has 2 amide bonds. The molecule has 0 spiro atoms. The third-order valence-corrected chi connectivity index (χ3v) is 14.5. The first kappa shape index (κ1) is 44.3. The van der Waals surface area contributed by atoms with Gasteiger partial charge in [0.25, 0.3) is 0 Å². The number of esters is 2. The number of ether oxygens (including phenoxy) is 3. The fraction of sp³-hybridized carbons (Fsp3) is 0.524. The predicted octanol–water partition coefficient (Wildman–Crippen LogP) is 8.08. The number of carbonyl (C=O) groups is 4. The molecule has 0 fully saturated rings. The first-order chi connectivity index (χ1) is 25.1. The summed E-state index contributed by atoms with van der Waals surface area (Å²) < 4.78 is 23.6. The van der Waals surface area contributed by atoms with Crippen molar-refractivity contribution in [3.05, 3.63) is 76.8 Å². The van der Waals surface area contributed by atoms with E-state index in [0.29, 0.717) is 16.3 Å². The second kappa shape index (κ2) is 19.0. The molecule has 2 N–H and O–H groups in total. The van der Waals surface area contributed by atoms with Crippen LogP contribution in [0.3, 0.4) is 0 Å². The van der Waals surface area contributed by atoms with Gasteiger partial charge in [0.2, 0.25) is 20.1 Å².